The first-order valence-corrected chi connectivity index (χ1v) is 18.1. The van der Waals surface area contributed by atoms with Gasteiger partial charge in [-0.25, -0.2) is 9.97 Å². The Morgan fingerprint density at radius 1 is 0.315 bits per heavy atom. The molecule has 0 fully saturated rings. The number of hydrogen-bond acceptors (Lipinski definition) is 2. The van der Waals surface area contributed by atoms with Gasteiger partial charge in [-0.15, -0.1) is 0 Å². The standard InChI is InChI=1S/C52H34N2/c1-4-14-35(15-5-1)36-24-26-38(27-25-36)47-34-48(54-52(53-47)42-19-8-3-9-20-42)39-28-30-41(31-29-39)50-45-23-13-12-22-44(45)49(40-17-6-2-7-18-40)46-33-32-37-16-10-11-21-43(37)51(46)50/h1-34H/i28D,29D,30D,31D. The van der Waals surface area contributed by atoms with Crippen LogP contribution in [0, 0.1) is 0 Å². The molecule has 0 spiro atoms. The summed E-state index contributed by atoms with van der Waals surface area (Å²) in [6.07, 6.45) is 0. The van der Waals surface area contributed by atoms with Crippen molar-refractivity contribution in [2.75, 3.05) is 0 Å². The summed E-state index contributed by atoms with van der Waals surface area (Å²) in [4.78, 5) is 9.91. The molecule has 0 unspecified atom stereocenters. The monoisotopic (exact) mass is 690 g/mol. The highest BCUT2D eigenvalue weighted by molar-refractivity contribution is 6.27. The van der Waals surface area contributed by atoms with Crippen molar-refractivity contribution in [3.05, 3.63) is 206 Å². The summed E-state index contributed by atoms with van der Waals surface area (Å²) in [6.45, 7) is 0. The van der Waals surface area contributed by atoms with Crippen molar-refractivity contribution in [3.8, 4) is 67.3 Å². The molecule has 0 aliphatic heterocycles. The molecular formula is C52H34N2. The van der Waals surface area contributed by atoms with Crippen molar-refractivity contribution in [3.63, 3.8) is 0 Å². The van der Waals surface area contributed by atoms with E-state index in [1.54, 1.807) is 6.07 Å². The van der Waals surface area contributed by atoms with E-state index < -0.39 is 0 Å². The lowest BCUT2D eigenvalue weighted by Gasteiger charge is -2.19. The molecule has 10 aromatic rings. The zero-order chi connectivity index (χ0) is 39.3. The second-order valence-electron chi connectivity index (χ2n) is 13.4. The van der Waals surface area contributed by atoms with Gasteiger partial charge in [0.05, 0.1) is 16.9 Å². The van der Waals surface area contributed by atoms with Gasteiger partial charge in [-0.05, 0) is 71.8 Å². The SMILES string of the molecule is [2H]c1c([2H])c(-c2c3ccccc3c(-c3ccccc3)c3ccc4ccccc4c23)c([2H])c([2H])c1-c1cc(-c2ccc(-c3ccccc3)cc2)nc(-c2ccccc2)n1. The fraction of sp³-hybridized carbons (Fsp3) is 0. The summed E-state index contributed by atoms with van der Waals surface area (Å²) in [5, 5.41) is 5.69. The molecule has 0 radical (unpaired) electrons. The summed E-state index contributed by atoms with van der Waals surface area (Å²) in [5.74, 6) is 0.432. The molecular weight excluding hydrogens is 653 g/mol. The molecule has 9 aromatic carbocycles. The molecule has 0 aliphatic rings. The third kappa shape index (κ3) is 5.62. The highest BCUT2D eigenvalue weighted by atomic mass is 14.9. The Kier molecular flexibility index (Phi) is 6.84. The molecule has 0 aliphatic carbocycles. The average Bonchev–Trinajstić information content (AvgIpc) is 3.29. The molecule has 0 saturated heterocycles. The van der Waals surface area contributed by atoms with Crippen molar-refractivity contribution in [2.24, 2.45) is 0 Å². The van der Waals surface area contributed by atoms with Gasteiger partial charge in [0.1, 0.15) is 0 Å². The minimum absolute atomic E-state index is 0.125. The topological polar surface area (TPSA) is 25.8 Å². The lowest BCUT2D eigenvalue weighted by molar-refractivity contribution is 1.18. The van der Waals surface area contributed by atoms with Crippen LogP contribution >= 0.6 is 0 Å². The predicted molar refractivity (Wildman–Crippen MR) is 227 cm³/mol. The van der Waals surface area contributed by atoms with Crippen LogP contribution < -0.4 is 0 Å². The van der Waals surface area contributed by atoms with E-state index in [4.69, 9.17) is 9.97 Å². The Hall–Kier alpha value is -7.16. The number of fused-ring (bicyclic) bond motifs is 4. The third-order valence-electron chi connectivity index (χ3n) is 10.2. The van der Waals surface area contributed by atoms with E-state index >= 15 is 0 Å². The van der Waals surface area contributed by atoms with E-state index in [9.17, 15) is 5.48 Å². The van der Waals surface area contributed by atoms with Gasteiger partial charge in [-0.1, -0.05) is 200 Å². The molecule has 252 valence electrons. The minimum atomic E-state index is -0.163. The number of benzene rings is 9. The van der Waals surface area contributed by atoms with Gasteiger partial charge in [0.15, 0.2) is 5.82 Å². The zero-order valence-corrected chi connectivity index (χ0v) is 29.2. The van der Waals surface area contributed by atoms with Crippen LogP contribution in [0.1, 0.15) is 5.48 Å². The number of rotatable bonds is 6. The van der Waals surface area contributed by atoms with E-state index in [-0.39, 0.29) is 35.3 Å². The molecule has 1 heterocycles. The van der Waals surface area contributed by atoms with Gasteiger partial charge in [0.25, 0.3) is 0 Å². The quantitative estimate of drug-likeness (QED) is 0.128. The van der Waals surface area contributed by atoms with Crippen molar-refractivity contribution in [2.45, 2.75) is 0 Å². The van der Waals surface area contributed by atoms with Gasteiger partial charge in [0.2, 0.25) is 0 Å². The molecule has 2 nitrogen and oxygen atoms in total. The summed E-state index contributed by atoms with van der Waals surface area (Å²) in [7, 11) is 0. The van der Waals surface area contributed by atoms with Crippen LogP contribution in [0.5, 0.6) is 0 Å². The Morgan fingerprint density at radius 3 is 1.46 bits per heavy atom. The number of hydrogen-bond donors (Lipinski definition) is 0. The van der Waals surface area contributed by atoms with Crippen LogP contribution in [-0.4, -0.2) is 9.97 Å². The second-order valence-corrected chi connectivity index (χ2v) is 13.4. The maximum Gasteiger partial charge on any atom is 0.160 e. The lowest BCUT2D eigenvalue weighted by Crippen LogP contribution is -1.96. The van der Waals surface area contributed by atoms with Crippen molar-refractivity contribution in [1.29, 1.82) is 0 Å². The highest BCUT2D eigenvalue weighted by Crippen LogP contribution is 2.46. The van der Waals surface area contributed by atoms with Crippen LogP contribution in [0.15, 0.2) is 206 Å². The van der Waals surface area contributed by atoms with Gasteiger partial charge >= 0.3 is 0 Å². The second kappa shape index (κ2) is 13.4. The van der Waals surface area contributed by atoms with Crippen molar-refractivity contribution < 1.29 is 5.48 Å². The third-order valence-corrected chi connectivity index (χ3v) is 10.2. The molecule has 10 rings (SSSR count). The van der Waals surface area contributed by atoms with Crippen molar-refractivity contribution in [1.82, 2.24) is 9.97 Å². The molecule has 1 aromatic heterocycles. The number of aromatic nitrogens is 2. The number of nitrogens with zero attached hydrogens (tertiary/aromatic N) is 2. The Balaban J connectivity index is 1.23. The van der Waals surface area contributed by atoms with Crippen LogP contribution in [0.4, 0.5) is 0 Å². The van der Waals surface area contributed by atoms with E-state index in [0.29, 0.717) is 22.8 Å². The summed E-state index contributed by atoms with van der Waals surface area (Å²) in [6, 6.07) is 60.0. The van der Waals surface area contributed by atoms with Crippen LogP contribution in [0.25, 0.3) is 99.6 Å². The van der Waals surface area contributed by atoms with Gasteiger partial charge in [-0.2, -0.15) is 0 Å². The molecule has 0 atom stereocenters. The van der Waals surface area contributed by atoms with E-state index in [0.717, 1.165) is 65.7 Å². The Bertz CT molecular complexity index is 3160. The maximum absolute atomic E-state index is 9.74. The minimum Gasteiger partial charge on any atom is -0.228 e. The zero-order valence-electron chi connectivity index (χ0n) is 33.2. The molecule has 0 amide bonds. The summed E-state index contributed by atoms with van der Waals surface area (Å²) >= 11 is 0. The fourth-order valence-electron chi connectivity index (χ4n) is 7.59. The van der Waals surface area contributed by atoms with Gasteiger partial charge < -0.3 is 0 Å². The first-order valence-electron chi connectivity index (χ1n) is 20.1. The summed E-state index contributed by atoms with van der Waals surface area (Å²) in [5.41, 5.74) is 7.91. The van der Waals surface area contributed by atoms with Crippen LogP contribution in [0.2, 0.25) is 0 Å². The highest BCUT2D eigenvalue weighted by Gasteiger charge is 2.19. The Morgan fingerprint density at radius 2 is 0.796 bits per heavy atom. The first kappa shape index (κ1) is 27.5. The first-order chi connectivity index (χ1) is 28.5. The van der Waals surface area contributed by atoms with Crippen LogP contribution in [0.3, 0.4) is 0 Å². The van der Waals surface area contributed by atoms with E-state index in [2.05, 4.69) is 66.7 Å². The molecule has 0 N–H and O–H groups in total. The molecule has 2 heteroatoms. The smallest absolute Gasteiger partial charge is 0.160 e. The normalized spacial score (nSPS) is 12.4. The van der Waals surface area contributed by atoms with Crippen LogP contribution in [-0.2, 0) is 0 Å². The summed E-state index contributed by atoms with van der Waals surface area (Å²) < 4.78 is 38.8. The van der Waals surface area contributed by atoms with E-state index in [1.165, 1.54) is 0 Å². The molecule has 54 heavy (non-hydrogen) atoms. The molecule has 0 saturated carbocycles. The van der Waals surface area contributed by atoms with E-state index in [1.807, 2.05) is 109 Å². The van der Waals surface area contributed by atoms with Gasteiger partial charge in [0, 0.05) is 16.7 Å². The largest absolute Gasteiger partial charge is 0.228 e. The van der Waals surface area contributed by atoms with Crippen molar-refractivity contribution >= 4 is 32.3 Å². The molecule has 0 bridgehead atoms. The lowest BCUT2D eigenvalue weighted by atomic mass is 9.84. The predicted octanol–water partition coefficient (Wildman–Crippen LogP) is 13.9. The fourth-order valence-corrected chi connectivity index (χ4v) is 7.59. The maximum atomic E-state index is 9.74. The Labute approximate surface area is 320 Å². The average molecular weight is 691 g/mol. The van der Waals surface area contributed by atoms with Gasteiger partial charge in [-0.3, -0.25) is 0 Å².